The van der Waals surface area contributed by atoms with E-state index in [1.54, 1.807) is 0 Å². The summed E-state index contributed by atoms with van der Waals surface area (Å²) in [4.78, 5) is 11.3. The molecule has 0 spiro atoms. The van der Waals surface area contributed by atoms with Gasteiger partial charge in [0, 0.05) is 12.3 Å². The topological polar surface area (TPSA) is 17.1 Å². The van der Waals surface area contributed by atoms with E-state index in [0.717, 1.165) is 0 Å². The molecule has 0 N–H and O–H groups in total. The highest BCUT2D eigenvalue weighted by atomic mass is 19.3. The largest absolute Gasteiger partial charge is 0.299 e. The summed E-state index contributed by atoms with van der Waals surface area (Å²) in [7, 11) is 0. The molecule has 0 amide bonds. The van der Waals surface area contributed by atoms with Gasteiger partial charge in [-0.1, -0.05) is 0 Å². The number of carbonyl (C=O) groups is 1. The minimum Gasteiger partial charge on any atom is -0.299 e. The second-order valence-electron chi connectivity index (χ2n) is 4.48. The Bertz CT molecular complexity index is 245. The highest BCUT2D eigenvalue weighted by Crippen LogP contribution is 2.62. The van der Waals surface area contributed by atoms with E-state index in [1.165, 1.54) is 13.8 Å². The minimum absolute atomic E-state index is 0.0134. The van der Waals surface area contributed by atoms with Gasteiger partial charge in [0.2, 0.25) is 0 Å². The van der Waals surface area contributed by atoms with Crippen LogP contribution in [0.3, 0.4) is 0 Å². The number of halogens is 2. The monoisotopic (exact) mass is 174 g/mol. The minimum atomic E-state index is -2.77. The third-order valence-corrected chi connectivity index (χ3v) is 3.37. The second-order valence-corrected chi connectivity index (χ2v) is 4.48. The normalized spacial score (nSPS) is 42.2. The maximum atomic E-state index is 13.4. The van der Waals surface area contributed by atoms with E-state index in [0.29, 0.717) is 12.8 Å². The average Bonchev–Trinajstić information content (AvgIpc) is 2.65. The molecule has 12 heavy (non-hydrogen) atoms. The van der Waals surface area contributed by atoms with Crippen molar-refractivity contribution in [3.63, 3.8) is 0 Å². The third-order valence-electron chi connectivity index (χ3n) is 3.37. The Morgan fingerprint density at radius 3 is 2.58 bits per heavy atom. The summed E-state index contributed by atoms with van der Waals surface area (Å²) in [5.41, 5.74) is -1.43. The summed E-state index contributed by atoms with van der Waals surface area (Å²) in [6.07, 6.45) is 0.912. The van der Waals surface area contributed by atoms with Crippen molar-refractivity contribution >= 4 is 5.78 Å². The summed E-state index contributed by atoms with van der Waals surface area (Å²) in [5.74, 6) is -3.57. The van der Waals surface area contributed by atoms with Gasteiger partial charge >= 0.3 is 0 Å². The van der Waals surface area contributed by atoms with Crippen LogP contribution in [-0.4, -0.2) is 11.7 Å². The first-order valence-electron chi connectivity index (χ1n) is 4.28. The Morgan fingerprint density at radius 2 is 2.00 bits per heavy atom. The summed E-state index contributed by atoms with van der Waals surface area (Å²) in [6, 6.07) is 0. The van der Waals surface area contributed by atoms with E-state index >= 15 is 0 Å². The number of carbonyl (C=O) groups excluding carboxylic acids is 1. The molecule has 2 atom stereocenters. The quantitative estimate of drug-likeness (QED) is 0.550. The van der Waals surface area contributed by atoms with Gasteiger partial charge in [-0.3, -0.25) is 4.79 Å². The number of hydrogen-bond acceptors (Lipinski definition) is 1. The smallest absolute Gasteiger partial charge is 0.262 e. The molecule has 0 bridgehead atoms. The highest BCUT2D eigenvalue weighted by Gasteiger charge is 2.68. The van der Waals surface area contributed by atoms with E-state index in [1.807, 2.05) is 0 Å². The van der Waals surface area contributed by atoms with Crippen LogP contribution < -0.4 is 0 Å². The van der Waals surface area contributed by atoms with Crippen LogP contribution in [0.25, 0.3) is 0 Å². The Morgan fingerprint density at radius 1 is 1.42 bits per heavy atom. The lowest BCUT2D eigenvalue weighted by molar-refractivity contribution is -0.168. The van der Waals surface area contributed by atoms with Gasteiger partial charge in [0.25, 0.3) is 5.92 Å². The van der Waals surface area contributed by atoms with Crippen LogP contribution in [0.15, 0.2) is 0 Å². The summed E-state index contributed by atoms with van der Waals surface area (Å²) >= 11 is 0. The third kappa shape index (κ3) is 0.744. The SMILES string of the molecule is CC1(C)C(=O)CC2CC2C1(F)F. The fourth-order valence-electron chi connectivity index (χ4n) is 2.06. The Kier molecular flexibility index (Phi) is 1.28. The van der Waals surface area contributed by atoms with E-state index in [9.17, 15) is 13.6 Å². The molecule has 2 unspecified atom stereocenters. The molecule has 2 fully saturated rings. The Balaban J connectivity index is 2.36. The highest BCUT2D eigenvalue weighted by molar-refractivity contribution is 5.87. The van der Waals surface area contributed by atoms with Crippen molar-refractivity contribution in [1.29, 1.82) is 0 Å². The van der Waals surface area contributed by atoms with Crippen LogP contribution >= 0.6 is 0 Å². The molecule has 0 aromatic carbocycles. The van der Waals surface area contributed by atoms with Gasteiger partial charge in [0.15, 0.2) is 0 Å². The van der Waals surface area contributed by atoms with Crippen molar-refractivity contribution in [2.75, 3.05) is 0 Å². The molecule has 0 aromatic rings. The molecule has 68 valence electrons. The van der Waals surface area contributed by atoms with Crippen LogP contribution in [0.2, 0.25) is 0 Å². The number of Topliss-reactive ketones (excluding diaryl/α,β-unsaturated/α-hetero) is 1. The molecule has 0 saturated heterocycles. The second kappa shape index (κ2) is 1.88. The zero-order chi connectivity index (χ0) is 9.15. The van der Waals surface area contributed by atoms with E-state index < -0.39 is 17.3 Å². The molecular formula is C9H12F2O. The number of rotatable bonds is 0. The van der Waals surface area contributed by atoms with Crippen LogP contribution in [0.1, 0.15) is 26.7 Å². The average molecular weight is 174 g/mol. The fourth-order valence-corrected chi connectivity index (χ4v) is 2.06. The molecule has 3 heteroatoms. The molecular weight excluding hydrogens is 162 g/mol. The number of ketones is 1. The predicted octanol–water partition coefficient (Wildman–Crippen LogP) is 2.26. The lowest BCUT2D eigenvalue weighted by atomic mass is 9.73. The molecule has 0 aliphatic heterocycles. The first-order valence-corrected chi connectivity index (χ1v) is 4.28. The zero-order valence-electron chi connectivity index (χ0n) is 7.23. The summed E-state index contributed by atoms with van der Waals surface area (Å²) in [6.45, 7) is 2.73. The molecule has 0 aromatic heterocycles. The fraction of sp³-hybridized carbons (Fsp3) is 0.889. The Labute approximate surface area is 70.1 Å². The van der Waals surface area contributed by atoms with Crippen LogP contribution in [0.4, 0.5) is 8.78 Å². The first kappa shape index (κ1) is 8.14. The lowest BCUT2D eigenvalue weighted by Crippen LogP contribution is -2.48. The van der Waals surface area contributed by atoms with Crippen LogP contribution in [-0.2, 0) is 4.79 Å². The Hall–Kier alpha value is -0.470. The molecule has 0 radical (unpaired) electrons. The van der Waals surface area contributed by atoms with Gasteiger partial charge in [-0.05, 0) is 26.2 Å². The van der Waals surface area contributed by atoms with Gasteiger partial charge < -0.3 is 0 Å². The van der Waals surface area contributed by atoms with Gasteiger partial charge in [0.1, 0.15) is 5.78 Å². The van der Waals surface area contributed by atoms with Gasteiger partial charge in [-0.25, -0.2) is 8.78 Å². The first-order chi connectivity index (χ1) is 5.37. The van der Waals surface area contributed by atoms with Crippen molar-refractivity contribution in [2.45, 2.75) is 32.6 Å². The molecule has 2 rings (SSSR count). The number of alkyl halides is 2. The summed E-state index contributed by atoms with van der Waals surface area (Å²) in [5, 5.41) is 0. The number of hydrogen-bond donors (Lipinski definition) is 0. The van der Waals surface area contributed by atoms with Crippen LogP contribution in [0.5, 0.6) is 0 Å². The molecule has 2 saturated carbocycles. The van der Waals surface area contributed by atoms with Gasteiger partial charge in [-0.15, -0.1) is 0 Å². The molecule has 2 aliphatic carbocycles. The molecule has 2 aliphatic rings. The molecule has 0 heterocycles. The van der Waals surface area contributed by atoms with Gasteiger partial charge in [0.05, 0.1) is 5.41 Å². The van der Waals surface area contributed by atoms with Crippen molar-refractivity contribution in [3.05, 3.63) is 0 Å². The zero-order valence-corrected chi connectivity index (χ0v) is 7.23. The van der Waals surface area contributed by atoms with Crippen molar-refractivity contribution in [1.82, 2.24) is 0 Å². The van der Waals surface area contributed by atoms with Crippen LogP contribution in [0, 0.1) is 17.3 Å². The van der Waals surface area contributed by atoms with E-state index in [-0.39, 0.29) is 11.7 Å². The van der Waals surface area contributed by atoms with E-state index in [2.05, 4.69) is 0 Å². The van der Waals surface area contributed by atoms with Crippen molar-refractivity contribution in [2.24, 2.45) is 17.3 Å². The maximum absolute atomic E-state index is 13.4. The standard InChI is InChI=1S/C9H12F2O/c1-8(2)7(12)4-5-3-6(5)9(8,10)11/h5-6H,3-4H2,1-2H3. The van der Waals surface area contributed by atoms with E-state index in [4.69, 9.17) is 0 Å². The number of fused-ring (bicyclic) bond motifs is 1. The van der Waals surface area contributed by atoms with Crippen molar-refractivity contribution in [3.8, 4) is 0 Å². The maximum Gasteiger partial charge on any atom is 0.262 e. The van der Waals surface area contributed by atoms with Gasteiger partial charge in [-0.2, -0.15) is 0 Å². The van der Waals surface area contributed by atoms with Crippen molar-refractivity contribution < 1.29 is 13.6 Å². The molecule has 1 nitrogen and oxygen atoms in total. The predicted molar refractivity (Wildman–Crippen MR) is 39.9 cm³/mol. The summed E-state index contributed by atoms with van der Waals surface area (Å²) < 4.78 is 26.9. The lowest BCUT2D eigenvalue weighted by Gasteiger charge is -2.36.